The zero-order valence-corrected chi connectivity index (χ0v) is 22.7. The maximum Gasteiger partial charge on any atom is 0.335 e. The minimum atomic E-state index is -0.959. The first-order valence-corrected chi connectivity index (χ1v) is 14.1. The number of unbranched alkanes of at least 4 members (excludes halogenated alkanes) is 2. The van der Waals surface area contributed by atoms with Crippen LogP contribution in [0.1, 0.15) is 99.7 Å². The number of imidazole rings is 1. The molecule has 1 aromatic heterocycles. The van der Waals surface area contributed by atoms with Gasteiger partial charge in [0.15, 0.2) is 0 Å². The molecule has 2 aromatic rings. The maximum absolute atomic E-state index is 13.5. The molecule has 1 fully saturated rings. The fourth-order valence-corrected chi connectivity index (χ4v) is 5.28. The molecule has 0 atom stereocenters. The third-order valence-electron chi connectivity index (χ3n) is 7.55. The quantitative estimate of drug-likeness (QED) is 0.354. The predicted octanol–water partition coefficient (Wildman–Crippen LogP) is 6.06. The highest BCUT2D eigenvalue weighted by molar-refractivity contribution is 6.15. The van der Waals surface area contributed by atoms with Crippen molar-refractivity contribution in [2.24, 2.45) is 15.9 Å². The summed E-state index contributed by atoms with van der Waals surface area (Å²) >= 11 is 0. The number of amidine groups is 1. The standard InChI is InChI=1S/C30H40N4O4/c1-3-5-12-27-31-24(18-21-13-15-23(16-14-21)29(36)37)25(32-27)19-26-28(35)33(17-6-4-2)30(38)34(26)20-22-10-8-7-9-11-22/h13-16,19,22,35H,3-12,17-18,20H2,1-2H3,(H,36,37). The summed E-state index contributed by atoms with van der Waals surface area (Å²) in [5.74, 6) is 0.211. The second-order valence-electron chi connectivity index (χ2n) is 10.5. The smallest absolute Gasteiger partial charge is 0.335 e. The Morgan fingerprint density at radius 1 is 1.03 bits per heavy atom. The van der Waals surface area contributed by atoms with Gasteiger partial charge in [0.2, 0.25) is 5.88 Å². The lowest BCUT2D eigenvalue weighted by molar-refractivity contribution is 0.0697. The van der Waals surface area contributed by atoms with Gasteiger partial charge in [-0.3, -0.25) is 9.13 Å². The summed E-state index contributed by atoms with van der Waals surface area (Å²) < 4.78 is 3.24. The molecule has 0 amide bonds. The average molecular weight is 521 g/mol. The van der Waals surface area contributed by atoms with Crippen molar-refractivity contribution in [1.29, 1.82) is 0 Å². The molecule has 1 aliphatic carbocycles. The second-order valence-corrected chi connectivity index (χ2v) is 10.5. The Hall–Kier alpha value is -3.42. The molecule has 38 heavy (non-hydrogen) atoms. The highest BCUT2D eigenvalue weighted by Gasteiger charge is 2.24. The van der Waals surface area contributed by atoms with Gasteiger partial charge < -0.3 is 10.2 Å². The molecule has 2 N–H and O–H groups in total. The largest absolute Gasteiger partial charge is 0.493 e. The molecule has 4 rings (SSSR count). The van der Waals surface area contributed by atoms with Crippen molar-refractivity contribution >= 4 is 23.6 Å². The Balaban J connectivity index is 1.71. The van der Waals surface area contributed by atoms with E-state index in [1.165, 1.54) is 23.8 Å². The number of aromatic nitrogens is 2. The number of carbonyl (C=O) groups is 1. The van der Waals surface area contributed by atoms with Gasteiger partial charge in [0.05, 0.1) is 17.0 Å². The zero-order chi connectivity index (χ0) is 27.1. The van der Waals surface area contributed by atoms with Gasteiger partial charge in [-0.1, -0.05) is 58.1 Å². The van der Waals surface area contributed by atoms with Gasteiger partial charge in [0.1, 0.15) is 11.5 Å². The first-order valence-electron chi connectivity index (χ1n) is 14.1. The molecule has 1 saturated carbocycles. The van der Waals surface area contributed by atoms with E-state index in [2.05, 4.69) is 13.8 Å². The lowest BCUT2D eigenvalue weighted by Gasteiger charge is -2.22. The van der Waals surface area contributed by atoms with Crippen molar-refractivity contribution in [2.75, 3.05) is 0 Å². The van der Waals surface area contributed by atoms with Crippen LogP contribution in [0.2, 0.25) is 0 Å². The molecule has 0 unspecified atom stereocenters. The minimum absolute atomic E-state index is 0.00544. The van der Waals surface area contributed by atoms with Gasteiger partial charge in [-0.2, -0.15) is 0 Å². The van der Waals surface area contributed by atoms with E-state index in [-0.39, 0.29) is 17.1 Å². The van der Waals surface area contributed by atoms with Crippen LogP contribution >= 0.6 is 0 Å². The topological polar surface area (TPSA) is 109 Å². The fraction of sp³-hybridized carbons (Fsp3) is 0.533. The molecule has 8 heteroatoms. The third-order valence-corrected chi connectivity index (χ3v) is 7.55. The molecule has 0 spiro atoms. The van der Waals surface area contributed by atoms with Crippen molar-refractivity contribution in [3.05, 3.63) is 57.3 Å². The zero-order valence-electron chi connectivity index (χ0n) is 22.7. The van der Waals surface area contributed by atoms with Crippen molar-refractivity contribution in [1.82, 2.24) is 9.13 Å². The van der Waals surface area contributed by atoms with Crippen LogP contribution in [0.3, 0.4) is 0 Å². The monoisotopic (exact) mass is 520 g/mol. The molecule has 0 saturated heterocycles. The highest BCUT2D eigenvalue weighted by atomic mass is 16.4. The lowest BCUT2D eigenvalue weighted by atomic mass is 9.89. The Kier molecular flexibility index (Phi) is 9.37. The second kappa shape index (κ2) is 12.9. The van der Waals surface area contributed by atoms with E-state index < -0.39 is 5.97 Å². The Morgan fingerprint density at radius 2 is 1.74 bits per heavy atom. The molecule has 1 aromatic carbocycles. The predicted molar refractivity (Wildman–Crippen MR) is 151 cm³/mol. The number of nitrogens with zero attached hydrogens (tertiary/aromatic N) is 4. The Bertz CT molecular complexity index is 1270. The van der Waals surface area contributed by atoms with Crippen LogP contribution in [-0.4, -0.2) is 36.9 Å². The average Bonchev–Trinajstić information content (AvgIpc) is 3.40. The van der Waals surface area contributed by atoms with E-state index in [1.807, 2.05) is 6.08 Å². The van der Waals surface area contributed by atoms with Crippen LogP contribution in [0.25, 0.3) is 6.08 Å². The first-order chi connectivity index (χ1) is 18.4. The van der Waals surface area contributed by atoms with E-state index in [0.717, 1.165) is 62.1 Å². The van der Waals surface area contributed by atoms with Gasteiger partial charge >= 0.3 is 11.7 Å². The molecular weight excluding hydrogens is 480 g/mol. The van der Waals surface area contributed by atoms with E-state index in [9.17, 15) is 19.8 Å². The number of aromatic carboxylic acids is 1. The number of allylic oxidation sites excluding steroid dienone is 1. The number of aromatic hydroxyl groups is 1. The molecule has 2 aliphatic rings. The molecule has 204 valence electrons. The number of carboxylic acid groups (broad SMARTS) is 1. The normalized spacial score (nSPS) is 17.2. The summed E-state index contributed by atoms with van der Waals surface area (Å²) in [6.45, 7) is 5.28. The number of aliphatic imine (C=N–C) groups is 2. The number of benzene rings is 1. The van der Waals surface area contributed by atoms with Crippen molar-refractivity contribution in [2.45, 2.75) is 97.6 Å². The highest BCUT2D eigenvalue weighted by Crippen LogP contribution is 2.29. The summed E-state index contributed by atoms with van der Waals surface area (Å²) in [6.07, 6.45) is 12.6. The molecule has 8 nitrogen and oxygen atoms in total. The van der Waals surface area contributed by atoms with Crippen LogP contribution in [0, 0.1) is 5.92 Å². The van der Waals surface area contributed by atoms with Gasteiger partial charge in [0, 0.05) is 25.9 Å². The van der Waals surface area contributed by atoms with Gasteiger partial charge in [0.25, 0.3) is 0 Å². The van der Waals surface area contributed by atoms with E-state index in [0.29, 0.717) is 36.8 Å². The van der Waals surface area contributed by atoms with Crippen LogP contribution in [-0.2, 0) is 19.5 Å². The summed E-state index contributed by atoms with van der Waals surface area (Å²) in [5.41, 5.74) is 2.92. The fourth-order valence-electron chi connectivity index (χ4n) is 5.28. The summed E-state index contributed by atoms with van der Waals surface area (Å²) in [5, 5.41) is 20.5. The lowest BCUT2D eigenvalue weighted by Crippen LogP contribution is -2.28. The van der Waals surface area contributed by atoms with Crippen LogP contribution in [0.4, 0.5) is 0 Å². The van der Waals surface area contributed by atoms with Crippen LogP contribution in [0.5, 0.6) is 5.88 Å². The van der Waals surface area contributed by atoms with E-state index in [1.54, 1.807) is 28.8 Å². The molecule has 0 bridgehead atoms. The molecule has 0 radical (unpaired) electrons. The number of carboxylic acids is 1. The van der Waals surface area contributed by atoms with Crippen molar-refractivity contribution in [3.8, 4) is 5.88 Å². The van der Waals surface area contributed by atoms with Crippen LogP contribution in [0.15, 0.2) is 44.7 Å². The minimum Gasteiger partial charge on any atom is -0.493 e. The Labute approximate surface area is 224 Å². The number of rotatable bonds is 12. The summed E-state index contributed by atoms with van der Waals surface area (Å²) in [4.78, 5) is 34.3. The molecule has 1 aliphatic heterocycles. The van der Waals surface area contributed by atoms with Crippen molar-refractivity contribution in [3.63, 3.8) is 0 Å². The molecular formula is C30H40N4O4. The van der Waals surface area contributed by atoms with Gasteiger partial charge in [-0.25, -0.2) is 19.6 Å². The molecule has 2 heterocycles. The number of hydrogen-bond acceptors (Lipinski definition) is 5. The van der Waals surface area contributed by atoms with Gasteiger partial charge in [-0.15, -0.1) is 0 Å². The third kappa shape index (κ3) is 6.52. The van der Waals surface area contributed by atoms with Crippen LogP contribution < -0.4 is 5.69 Å². The first kappa shape index (κ1) is 27.6. The summed E-state index contributed by atoms with van der Waals surface area (Å²) in [6, 6.07) is 6.78. The SMILES string of the molecule is CCCCC1=NC(=Cc2c(O)n(CCCC)c(=O)n2CC2CCCCC2)C(Cc2ccc(C(=O)O)cc2)=N1. The number of hydrogen-bond donors (Lipinski definition) is 2. The van der Waals surface area contributed by atoms with E-state index >= 15 is 0 Å². The van der Waals surface area contributed by atoms with Gasteiger partial charge in [-0.05, 0) is 55.4 Å². The van der Waals surface area contributed by atoms with E-state index in [4.69, 9.17) is 9.98 Å². The van der Waals surface area contributed by atoms with Crippen molar-refractivity contribution < 1.29 is 15.0 Å². The Morgan fingerprint density at radius 3 is 2.39 bits per heavy atom. The summed E-state index contributed by atoms with van der Waals surface area (Å²) in [7, 11) is 0. The maximum atomic E-state index is 13.5.